The maximum absolute atomic E-state index is 11.8. The van der Waals surface area contributed by atoms with Gasteiger partial charge in [-0.15, -0.1) is 0 Å². The highest BCUT2D eigenvalue weighted by Gasteiger charge is 2.13. The fourth-order valence-corrected chi connectivity index (χ4v) is 0.889. The van der Waals surface area contributed by atoms with Gasteiger partial charge in [0.2, 0.25) is 5.88 Å². The first-order valence-electron chi connectivity index (χ1n) is 3.83. The van der Waals surface area contributed by atoms with Crippen LogP contribution in [0.2, 0.25) is 0 Å². The highest BCUT2D eigenvalue weighted by molar-refractivity contribution is 6.36. The Kier molecular flexibility index (Phi) is 3.59. The average molecular weight is 213 g/mol. The number of ether oxygens (including phenoxy) is 2. The molecule has 0 atom stereocenters. The third-order valence-corrected chi connectivity index (χ3v) is 1.52. The Labute approximate surface area is 85.6 Å². The van der Waals surface area contributed by atoms with Crippen LogP contribution in [0.4, 0.5) is 8.78 Å². The zero-order chi connectivity index (χ0) is 11.4. The zero-order valence-electron chi connectivity index (χ0n) is 7.74. The molecule has 4 nitrogen and oxygen atoms in total. The zero-order valence-corrected chi connectivity index (χ0v) is 7.74. The van der Waals surface area contributed by atoms with Crippen molar-refractivity contribution in [2.45, 2.75) is 6.61 Å². The van der Waals surface area contributed by atoms with Crippen LogP contribution in [0.5, 0.6) is 5.88 Å². The predicted molar refractivity (Wildman–Crippen MR) is 47.6 cm³/mol. The molecular formula is C8H6BF2NO3. The molecular weight excluding hydrogens is 207 g/mol. The Hall–Kier alpha value is -1.66. The van der Waals surface area contributed by atoms with Gasteiger partial charge in [0, 0.05) is 12.3 Å². The first-order valence-corrected chi connectivity index (χ1v) is 3.83. The first-order chi connectivity index (χ1) is 7.04. The van der Waals surface area contributed by atoms with E-state index in [2.05, 4.69) is 14.5 Å². The van der Waals surface area contributed by atoms with E-state index in [1.165, 1.54) is 0 Å². The standard InChI is InChI=1S/C8H6BF2NO3/c1-14-7(13)4-2-6(15-8(10)11)12-3-5(4)9/h2-3,8H,1H3. The van der Waals surface area contributed by atoms with Gasteiger partial charge in [0.25, 0.3) is 0 Å². The van der Waals surface area contributed by atoms with Crippen LogP contribution < -0.4 is 10.2 Å². The smallest absolute Gasteiger partial charge is 0.388 e. The largest absolute Gasteiger partial charge is 0.465 e. The molecule has 1 aromatic heterocycles. The van der Waals surface area contributed by atoms with E-state index in [1.807, 2.05) is 0 Å². The van der Waals surface area contributed by atoms with Crippen molar-refractivity contribution in [3.63, 3.8) is 0 Å². The summed E-state index contributed by atoms with van der Waals surface area (Å²) in [5.74, 6) is -1.13. The summed E-state index contributed by atoms with van der Waals surface area (Å²) in [5, 5.41) is 0. The van der Waals surface area contributed by atoms with Crippen LogP contribution in [0.3, 0.4) is 0 Å². The Balaban J connectivity index is 3.00. The van der Waals surface area contributed by atoms with E-state index >= 15 is 0 Å². The Bertz CT molecular complexity index is 373. The molecule has 1 heterocycles. The Morgan fingerprint density at radius 3 is 2.80 bits per heavy atom. The van der Waals surface area contributed by atoms with Crippen LogP contribution >= 0.6 is 0 Å². The molecule has 0 saturated carbocycles. The number of esters is 1. The molecule has 1 aromatic rings. The maximum Gasteiger partial charge on any atom is 0.388 e. The van der Waals surface area contributed by atoms with Crippen LogP contribution in [0.25, 0.3) is 0 Å². The third kappa shape index (κ3) is 2.90. The normalized spacial score (nSPS) is 10.1. The number of carbonyl (C=O) groups is 1. The fraction of sp³-hybridized carbons (Fsp3) is 0.250. The van der Waals surface area contributed by atoms with Gasteiger partial charge in [-0.3, -0.25) is 0 Å². The summed E-state index contributed by atoms with van der Waals surface area (Å²) < 4.78 is 32.0. The van der Waals surface area contributed by atoms with E-state index in [0.717, 1.165) is 19.4 Å². The van der Waals surface area contributed by atoms with Crippen LogP contribution in [-0.4, -0.2) is 32.5 Å². The van der Waals surface area contributed by atoms with Crippen molar-refractivity contribution in [2.24, 2.45) is 0 Å². The van der Waals surface area contributed by atoms with E-state index in [4.69, 9.17) is 7.85 Å². The number of hydrogen-bond acceptors (Lipinski definition) is 4. The number of pyridine rings is 1. The monoisotopic (exact) mass is 213 g/mol. The number of rotatable bonds is 3. The molecule has 0 saturated heterocycles. The molecule has 0 N–H and O–H groups in total. The topological polar surface area (TPSA) is 48.4 Å². The molecule has 0 aliphatic rings. The number of carbonyl (C=O) groups excluding carboxylic acids is 1. The summed E-state index contributed by atoms with van der Waals surface area (Å²) in [7, 11) is 6.54. The molecule has 0 aromatic carbocycles. The van der Waals surface area contributed by atoms with Gasteiger partial charge in [-0.2, -0.15) is 8.78 Å². The molecule has 2 radical (unpaired) electrons. The molecule has 0 unspecified atom stereocenters. The van der Waals surface area contributed by atoms with Crippen molar-refractivity contribution in [1.29, 1.82) is 0 Å². The molecule has 78 valence electrons. The van der Waals surface area contributed by atoms with E-state index in [0.29, 0.717) is 0 Å². The molecule has 0 spiro atoms. The summed E-state index contributed by atoms with van der Waals surface area (Å²) in [6, 6.07) is 0.993. The quantitative estimate of drug-likeness (QED) is 0.533. The van der Waals surface area contributed by atoms with Crippen LogP contribution in [0, 0.1) is 0 Å². The van der Waals surface area contributed by atoms with Gasteiger partial charge in [-0.1, -0.05) is 5.46 Å². The summed E-state index contributed by atoms with van der Waals surface area (Å²) in [5.41, 5.74) is -0.0355. The van der Waals surface area contributed by atoms with Gasteiger partial charge in [0.05, 0.1) is 12.7 Å². The van der Waals surface area contributed by atoms with Gasteiger partial charge < -0.3 is 9.47 Å². The van der Waals surface area contributed by atoms with Gasteiger partial charge in [0.1, 0.15) is 7.85 Å². The Morgan fingerprint density at radius 1 is 1.60 bits per heavy atom. The number of methoxy groups -OCH3 is 1. The van der Waals surface area contributed by atoms with Gasteiger partial charge >= 0.3 is 12.6 Å². The van der Waals surface area contributed by atoms with Crippen LogP contribution in [0.15, 0.2) is 12.3 Å². The SMILES string of the molecule is [B]c1cnc(OC(F)F)cc1C(=O)OC. The van der Waals surface area contributed by atoms with Gasteiger partial charge in [-0.05, 0) is 0 Å². The predicted octanol–water partition coefficient (Wildman–Crippen LogP) is 0.263. The number of alkyl halides is 2. The molecule has 0 amide bonds. The van der Waals surface area contributed by atoms with Crippen LogP contribution in [-0.2, 0) is 4.74 Å². The molecule has 0 bridgehead atoms. The van der Waals surface area contributed by atoms with Crippen molar-refractivity contribution in [2.75, 3.05) is 7.11 Å². The minimum atomic E-state index is -3.01. The van der Waals surface area contributed by atoms with Crippen molar-refractivity contribution in [3.05, 3.63) is 17.8 Å². The molecule has 15 heavy (non-hydrogen) atoms. The summed E-state index contributed by atoms with van der Waals surface area (Å²) in [4.78, 5) is 14.6. The first kappa shape index (κ1) is 11.4. The van der Waals surface area contributed by atoms with Crippen molar-refractivity contribution >= 4 is 19.3 Å². The number of hydrogen-bond donors (Lipinski definition) is 0. The number of aromatic nitrogens is 1. The summed E-state index contributed by atoms with van der Waals surface area (Å²) in [6.45, 7) is -3.01. The van der Waals surface area contributed by atoms with Crippen molar-refractivity contribution in [3.8, 4) is 5.88 Å². The molecule has 1 rings (SSSR count). The lowest BCUT2D eigenvalue weighted by atomic mass is 9.93. The second-order valence-corrected chi connectivity index (χ2v) is 2.48. The Morgan fingerprint density at radius 2 is 2.27 bits per heavy atom. The maximum atomic E-state index is 11.8. The van der Waals surface area contributed by atoms with Gasteiger partial charge in [0.15, 0.2) is 0 Å². The highest BCUT2D eigenvalue weighted by Crippen LogP contribution is 2.11. The number of nitrogens with zero attached hydrogens (tertiary/aromatic N) is 1. The summed E-state index contributed by atoms with van der Waals surface area (Å²) in [6.07, 6.45) is 1.05. The van der Waals surface area contributed by atoms with E-state index in [-0.39, 0.29) is 16.9 Å². The molecule has 7 heteroatoms. The van der Waals surface area contributed by atoms with E-state index in [1.54, 1.807) is 0 Å². The average Bonchev–Trinajstić information content (AvgIpc) is 2.19. The molecule has 0 aliphatic carbocycles. The lowest BCUT2D eigenvalue weighted by Gasteiger charge is -2.07. The minimum absolute atomic E-state index is 0.0310. The van der Waals surface area contributed by atoms with E-state index in [9.17, 15) is 13.6 Å². The van der Waals surface area contributed by atoms with Crippen LogP contribution in [0.1, 0.15) is 10.4 Å². The third-order valence-electron chi connectivity index (χ3n) is 1.52. The highest BCUT2D eigenvalue weighted by atomic mass is 19.3. The van der Waals surface area contributed by atoms with Crippen molar-refractivity contribution in [1.82, 2.24) is 4.98 Å². The lowest BCUT2D eigenvalue weighted by Crippen LogP contribution is -2.18. The number of halogens is 2. The summed E-state index contributed by atoms with van der Waals surface area (Å²) >= 11 is 0. The fourth-order valence-electron chi connectivity index (χ4n) is 0.889. The second-order valence-electron chi connectivity index (χ2n) is 2.48. The minimum Gasteiger partial charge on any atom is -0.465 e. The van der Waals surface area contributed by atoms with Crippen molar-refractivity contribution < 1.29 is 23.0 Å². The lowest BCUT2D eigenvalue weighted by molar-refractivity contribution is -0.0529. The molecule has 0 aliphatic heterocycles. The van der Waals surface area contributed by atoms with Gasteiger partial charge in [-0.25, -0.2) is 9.78 Å². The molecule has 0 fully saturated rings. The second kappa shape index (κ2) is 4.72. The van der Waals surface area contributed by atoms with E-state index < -0.39 is 12.6 Å².